The Hall–Kier alpha value is -0.860. The van der Waals surface area contributed by atoms with Gasteiger partial charge >= 0.3 is 5.97 Å². The summed E-state index contributed by atoms with van der Waals surface area (Å²) in [5, 5.41) is 0. The molecule has 0 unspecified atom stereocenters. The minimum absolute atomic E-state index is 0.245. The van der Waals surface area contributed by atoms with Crippen molar-refractivity contribution in [2.75, 3.05) is 7.11 Å². The maximum absolute atomic E-state index is 10.5. The van der Waals surface area contributed by atoms with Crippen LogP contribution in [0.1, 0.15) is 39.0 Å². The molecule has 0 spiro atoms. The topological polar surface area (TPSA) is 43.4 Å². The third kappa shape index (κ3) is 7.25. The molecule has 0 saturated heterocycles. The van der Waals surface area contributed by atoms with Gasteiger partial charge in [-0.05, 0) is 12.8 Å². The van der Waals surface area contributed by atoms with Crippen molar-refractivity contribution >= 4 is 11.8 Å². The molecule has 0 N–H and O–H groups in total. The number of ether oxygens (including phenoxy) is 1. The Bertz CT molecular complexity index is 144. The van der Waals surface area contributed by atoms with E-state index in [4.69, 9.17) is 0 Å². The van der Waals surface area contributed by atoms with Crippen LogP contribution in [0, 0.1) is 0 Å². The van der Waals surface area contributed by atoms with Crippen LogP contribution < -0.4 is 0 Å². The summed E-state index contributed by atoms with van der Waals surface area (Å²) in [6.45, 7) is 1.36. The number of carbonyl (C=O) groups is 2. The molecule has 0 heterocycles. The van der Waals surface area contributed by atoms with Crippen LogP contribution >= 0.6 is 0 Å². The van der Waals surface area contributed by atoms with Gasteiger partial charge in [-0.2, -0.15) is 0 Å². The van der Waals surface area contributed by atoms with Gasteiger partial charge in [0.2, 0.25) is 0 Å². The highest BCUT2D eigenvalue weighted by Gasteiger charge is 2.05. The van der Waals surface area contributed by atoms with E-state index in [0.29, 0.717) is 5.78 Å². The smallest absolute Gasteiger partial charge is 0.302 e. The second kappa shape index (κ2) is 6.83. The summed E-state index contributed by atoms with van der Waals surface area (Å²) in [6, 6.07) is 0. The number of hydrogen-bond acceptors (Lipinski definition) is 3. The molecule has 1 fully saturated rings. The van der Waals surface area contributed by atoms with Crippen LogP contribution in [0.3, 0.4) is 0 Å². The van der Waals surface area contributed by atoms with E-state index in [1.54, 1.807) is 0 Å². The number of carbonyl (C=O) groups excluding carboxylic acids is 2. The average Bonchev–Trinajstić information content (AvgIpc) is 2.07. The normalized spacial score (nSPS) is 16.0. The van der Waals surface area contributed by atoms with Gasteiger partial charge in [0.15, 0.2) is 0 Å². The lowest BCUT2D eigenvalue weighted by molar-refractivity contribution is -0.137. The van der Waals surface area contributed by atoms with Gasteiger partial charge in [-0.25, -0.2) is 0 Å². The summed E-state index contributed by atoms with van der Waals surface area (Å²) < 4.78 is 4.11. The summed E-state index contributed by atoms with van der Waals surface area (Å²) in [4.78, 5) is 20.1. The third-order valence-corrected chi connectivity index (χ3v) is 1.70. The van der Waals surface area contributed by atoms with Gasteiger partial charge in [-0.15, -0.1) is 0 Å². The van der Waals surface area contributed by atoms with Crippen LogP contribution in [0.25, 0.3) is 0 Å². The van der Waals surface area contributed by atoms with Crippen LogP contribution in [0.15, 0.2) is 0 Å². The molecule has 3 nitrogen and oxygen atoms in total. The van der Waals surface area contributed by atoms with Crippen molar-refractivity contribution in [1.82, 2.24) is 0 Å². The Morgan fingerprint density at radius 1 is 1.25 bits per heavy atom. The van der Waals surface area contributed by atoms with E-state index in [9.17, 15) is 9.59 Å². The highest BCUT2D eigenvalue weighted by atomic mass is 16.5. The van der Waals surface area contributed by atoms with Crippen molar-refractivity contribution in [2.45, 2.75) is 39.0 Å². The van der Waals surface area contributed by atoms with Crippen LogP contribution in [-0.4, -0.2) is 18.9 Å². The summed E-state index contributed by atoms with van der Waals surface area (Å²) in [7, 11) is 1.35. The predicted molar refractivity (Wildman–Crippen MR) is 45.8 cm³/mol. The zero-order chi connectivity index (χ0) is 9.40. The Labute approximate surface area is 73.1 Å². The van der Waals surface area contributed by atoms with Gasteiger partial charge in [0.05, 0.1) is 7.11 Å². The first-order valence-electron chi connectivity index (χ1n) is 4.23. The van der Waals surface area contributed by atoms with Crippen molar-refractivity contribution in [3.63, 3.8) is 0 Å². The zero-order valence-corrected chi connectivity index (χ0v) is 7.76. The predicted octanol–water partition coefficient (Wildman–Crippen LogP) is 1.70. The summed E-state index contributed by atoms with van der Waals surface area (Å²) >= 11 is 0. The minimum atomic E-state index is -0.245. The SMILES string of the molecule is COC(C)=O.O=C1CCCCC1. The Morgan fingerprint density at radius 2 is 1.67 bits per heavy atom. The number of esters is 1. The van der Waals surface area contributed by atoms with Crippen LogP contribution in [0.5, 0.6) is 0 Å². The fourth-order valence-electron chi connectivity index (χ4n) is 0.946. The van der Waals surface area contributed by atoms with E-state index >= 15 is 0 Å². The molecule has 0 aromatic rings. The highest BCUT2D eigenvalue weighted by Crippen LogP contribution is 2.12. The lowest BCUT2D eigenvalue weighted by Gasteiger charge is -2.05. The van der Waals surface area contributed by atoms with Crippen molar-refractivity contribution in [1.29, 1.82) is 0 Å². The molecule has 0 aliphatic heterocycles. The van der Waals surface area contributed by atoms with Crippen LogP contribution in [0.4, 0.5) is 0 Å². The molecule has 70 valence electrons. The molecule has 1 rings (SSSR count). The zero-order valence-electron chi connectivity index (χ0n) is 7.76. The van der Waals surface area contributed by atoms with E-state index in [1.807, 2.05) is 0 Å². The van der Waals surface area contributed by atoms with Gasteiger partial charge in [0.1, 0.15) is 5.78 Å². The fraction of sp³-hybridized carbons (Fsp3) is 0.778. The van der Waals surface area contributed by atoms with E-state index in [0.717, 1.165) is 25.7 Å². The first-order chi connectivity index (χ1) is 5.66. The molecule has 1 aliphatic rings. The molecular weight excluding hydrogens is 156 g/mol. The lowest BCUT2D eigenvalue weighted by Crippen LogP contribution is -2.02. The summed E-state index contributed by atoms with van der Waals surface area (Å²) in [6.07, 6.45) is 5.24. The lowest BCUT2D eigenvalue weighted by atomic mass is 10.00. The quantitative estimate of drug-likeness (QED) is 0.522. The Balaban J connectivity index is 0.000000217. The maximum atomic E-state index is 10.5. The van der Waals surface area contributed by atoms with Crippen LogP contribution in [0.2, 0.25) is 0 Å². The molecule has 0 aromatic carbocycles. The van der Waals surface area contributed by atoms with Gasteiger partial charge in [0, 0.05) is 19.8 Å². The monoisotopic (exact) mass is 172 g/mol. The number of Topliss-reactive ketones (excluding diaryl/α,β-unsaturated/α-hetero) is 1. The average molecular weight is 172 g/mol. The summed E-state index contributed by atoms with van der Waals surface area (Å²) in [5.74, 6) is 0.219. The molecule has 0 atom stereocenters. The number of methoxy groups -OCH3 is 1. The van der Waals surface area contributed by atoms with E-state index in [2.05, 4.69) is 4.74 Å². The fourth-order valence-corrected chi connectivity index (χ4v) is 0.946. The summed E-state index contributed by atoms with van der Waals surface area (Å²) in [5.41, 5.74) is 0. The molecule has 0 bridgehead atoms. The molecule has 1 aliphatic carbocycles. The Morgan fingerprint density at radius 3 is 1.83 bits per heavy atom. The van der Waals surface area contributed by atoms with Gasteiger partial charge in [0.25, 0.3) is 0 Å². The standard InChI is InChI=1S/C6H10O.C3H6O2/c7-6-4-2-1-3-5-6;1-3(4)5-2/h1-5H2;1-2H3. The van der Waals surface area contributed by atoms with Crippen molar-refractivity contribution in [2.24, 2.45) is 0 Å². The van der Waals surface area contributed by atoms with Gasteiger partial charge < -0.3 is 4.74 Å². The van der Waals surface area contributed by atoms with E-state index < -0.39 is 0 Å². The molecule has 1 saturated carbocycles. The highest BCUT2D eigenvalue weighted by molar-refractivity contribution is 5.78. The van der Waals surface area contributed by atoms with Gasteiger partial charge in [-0.1, -0.05) is 6.42 Å². The second-order valence-electron chi connectivity index (χ2n) is 2.80. The first kappa shape index (κ1) is 11.1. The number of rotatable bonds is 0. The second-order valence-corrected chi connectivity index (χ2v) is 2.80. The van der Waals surface area contributed by atoms with E-state index in [1.165, 1.54) is 20.5 Å². The third-order valence-electron chi connectivity index (χ3n) is 1.70. The molecule has 0 radical (unpaired) electrons. The first-order valence-corrected chi connectivity index (χ1v) is 4.23. The minimum Gasteiger partial charge on any atom is -0.469 e. The van der Waals surface area contributed by atoms with E-state index in [-0.39, 0.29) is 5.97 Å². The molecule has 0 aromatic heterocycles. The molecule has 0 amide bonds. The largest absolute Gasteiger partial charge is 0.469 e. The Kier molecular flexibility index (Phi) is 6.34. The maximum Gasteiger partial charge on any atom is 0.302 e. The number of ketones is 1. The van der Waals surface area contributed by atoms with Crippen molar-refractivity contribution in [3.8, 4) is 0 Å². The van der Waals surface area contributed by atoms with Crippen molar-refractivity contribution < 1.29 is 14.3 Å². The van der Waals surface area contributed by atoms with Crippen molar-refractivity contribution in [3.05, 3.63) is 0 Å². The molecular formula is C9H16O3. The number of hydrogen-bond donors (Lipinski definition) is 0. The van der Waals surface area contributed by atoms with Gasteiger partial charge in [-0.3, -0.25) is 9.59 Å². The molecule has 3 heteroatoms. The van der Waals surface area contributed by atoms with Crippen LogP contribution in [-0.2, 0) is 14.3 Å². The molecule has 12 heavy (non-hydrogen) atoms.